The van der Waals surface area contributed by atoms with E-state index in [4.69, 9.17) is 17.3 Å². The molecule has 1 atom stereocenters. The van der Waals surface area contributed by atoms with Crippen molar-refractivity contribution in [2.45, 2.75) is 37.8 Å². The summed E-state index contributed by atoms with van der Waals surface area (Å²) in [7, 11) is 1.76. The Morgan fingerprint density at radius 1 is 1.04 bits per heavy atom. The number of hydrogen-bond acceptors (Lipinski definition) is 6. The van der Waals surface area contributed by atoms with Crippen molar-refractivity contribution >= 4 is 84.2 Å². The van der Waals surface area contributed by atoms with Crippen molar-refractivity contribution in [1.82, 2.24) is 15.1 Å². The van der Waals surface area contributed by atoms with Crippen molar-refractivity contribution in [1.29, 1.82) is 0 Å². The summed E-state index contributed by atoms with van der Waals surface area (Å²) >= 11 is 12.8. The Morgan fingerprint density at radius 2 is 1.70 bits per heavy atom. The Hall–Kier alpha value is -3.61. The van der Waals surface area contributed by atoms with Crippen LogP contribution in [0, 0.1) is 0 Å². The molecule has 0 aromatic heterocycles. The fourth-order valence-corrected chi connectivity index (χ4v) is 7.16. The van der Waals surface area contributed by atoms with Gasteiger partial charge in [-0.1, -0.05) is 29.8 Å². The zero-order chi connectivity index (χ0) is 33.0. The van der Waals surface area contributed by atoms with Gasteiger partial charge in [0.2, 0.25) is 11.8 Å². The number of carbonyl (C=O) groups excluding carboxylic acids is 4. The van der Waals surface area contributed by atoms with Gasteiger partial charge in [0.1, 0.15) is 6.04 Å². The van der Waals surface area contributed by atoms with Crippen molar-refractivity contribution in [2.75, 3.05) is 49.2 Å². The lowest BCUT2D eigenvalue weighted by atomic mass is 9.99. The van der Waals surface area contributed by atoms with Crippen LogP contribution in [0.4, 0.5) is 21.9 Å². The number of benzene rings is 3. The Balaban J connectivity index is 1.27. The van der Waals surface area contributed by atoms with Crippen molar-refractivity contribution in [3.63, 3.8) is 0 Å². The first-order valence-corrected chi connectivity index (χ1v) is 16.9. The Kier molecular flexibility index (Phi) is 10.9. The molecule has 2 aliphatic heterocycles. The zero-order valence-corrected chi connectivity index (χ0v) is 29.2. The van der Waals surface area contributed by atoms with E-state index in [9.17, 15) is 19.2 Å². The minimum Gasteiger partial charge on any atom is -0.397 e. The number of hydrogen-bond donors (Lipinski definition) is 3. The average Bonchev–Trinajstić information content (AvgIpc) is 3.21. The number of carbonyl (C=O) groups is 4. The number of nitrogens with two attached hydrogens (primary N) is 1. The normalized spacial score (nSPS) is 15.8. The molecule has 0 radical (unpaired) electrons. The highest BCUT2D eigenvalue weighted by atomic mass is 79.9. The molecular formula is C33H35Br2ClN6O4. The minimum absolute atomic E-state index is 0.0346. The number of urea groups is 1. The molecule has 0 aliphatic carbocycles. The second-order valence-electron chi connectivity index (χ2n) is 11.5. The van der Waals surface area contributed by atoms with E-state index in [1.54, 1.807) is 53.2 Å². The number of nitrogens with one attached hydrogen (secondary N) is 2. The number of halogens is 3. The second-order valence-corrected chi connectivity index (χ2v) is 13.7. The number of nitrogens with zero attached hydrogens (tertiary/aromatic N) is 3. The first-order chi connectivity index (χ1) is 22.0. The number of rotatable bonds is 9. The van der Waals surface area contributed by atoms with E-state index in [0.717, 1.165) is 23.4 Å². The molecule has 46 heavy (non-hydrogen) atoms. The smallest absolute Gasteiger partial charge is 0.322 e. The van der Waals surface area contributed by atoms with E-state index in [1.165, 1.54) is 0 Å². The molecule has 2 heterocycles. The highest BCUT2D eigenvalue weighted by Gasteiger charge is 2.35. The fraction of sp³-hybridized carbons (Fsp3) is 0.333. The SMILES string of the molecule is CN(CC(=O)N[C@@H](CC(=O)c1cc(Br)c(N)c(Br)c1)C(=O)N1CCC(N2CCc3ccccc3NC2=O)CC1)c1ccc(Cl)cc1. The number of likely N-dealkylation sites (N-methyl/N-ethyl adjacent to an activating group) is 1. The predicted molar refractivity (Wildman–Crippen MR) is 187 cm³/mol. The maximum atomic E-state index is 13.9. The molecular weight excluding hydrogens is 740 g/mol. The van der Waals surface area contributed by atoms with Crippen LogP contribution in [0.5, 0.6) is 0 Å². The molecule has 0 saturated carbocycles. The van der Waals surface area contributed by atoms with Crippen LogP contribution in [0.2, 0.25) is 5.02 Å². The third kappa shape index (κ3) is 8.02. The summed E-state index contributed by atoms with van der Waals surface area (Å²) in [5.74, 6) is -1.06. The molecule has 2 aliphatic rings. The van der Waals surface area contributed by atoms with Crippen LogP contribution in [0.3, 0.4) is 0 Å². The van der Waals surface area contributed by atoms with Crippen LogP contribution < -0.4 is 21.3 Å². The highest BCUT2D eigenvalue weighted by molar-refractivity contribution is 9.11. The molecule has 0 spiro atoms. The number of fused-ring (bicyclic) bond motifs is 1. The molecule has 0 bridgehead atoms. The molecule has 4 N–H and O–H groups in total. The molecule has 5 rings (SSSR count). The summed E-state index contributed by atoms with van der Waals surface area (Å²) in [6.07, 6.45) is 1.68. The number of para-hydroxylation sites is 1. The van der Waals surface area contributed by atoms with Crippen LogP contribution >= 0.6 is 43.5 Å². The molecule has 3 aromatic rings. The van der Waals surface area contributed by atoms with E-state index in [0.29, 0.717) is 57.7 Å². The monoisotopic (exact) mass is 772 g/mol. The van der Waals surface area contributed by atoms with Gasteiger partial charge >= 0.3 is 6.03 Å². The van der Waals surface area contributed by atoms with Crippen LogP contribution in [0.25, 0.3) is 0 Å². The molecule has 242 valence electrons. The zero-order valence-electron chi connectivity index (χ0n) is 25.3. The van der Waals surface area contributed by atoms with Crippen molar-refractivity contribution < 1.29 is 19.2 Å². The minimum atomic E-state index is -1.08. The molecule has 1 fully saturated rings. The summed E-state index contributed by atoms with van der Waals surface area (Å²) in [6.45, 7) is 1.34. The summed E-state index contributed by atoms with van der Waals surface area (Å²) < 4.78 is 1.09. The number of anilines is 3. The molecule has 4 amide bonds. The van der Waals surface area contributed by atoms with Gasteiger partial charge in [-0.15, -0.1) is 0 Å². The third-order valence-corrected chi connectivity index (χ3v) is 9.99. The standard InChI is InChI=1S/C33H35Br2ClN6O4/c1-40(23-8-6-22(36)7-9-23)19-30(44)38-28(18-29(43)21-16-25(34)31(37)26(35)17-21)32(45)41-13-11-24(12-14-41)42-15-10-20-4-2-3-5-27(20)39-33(42)46/h2-9,16-17,24,28H,10-15,18-19,37H2,1H3,(H,38,44)(H,39,46)/t28-/m0/s1. The lowest BCUT2D eigenvalue weighted by Crippen LogP contribution is -2.55. The molecule has 0 unspecified atom stereocenters. The van der Waals surface area contributed by atoms with E-state index in [1.807, 2.05) is 29.2 Å². The maximum Gasteiger partial charge on any atom is 0.322 e. The molecule has 10 nitrogen and oxygen atoms in total. The fourth-order valence-electron chi connectivity index (χ4n) is 5.85. The molecule has 13 heteroatoms. The number of likely N-dealkylation sites (tertiary alicyclic amines) is 1. The largest absolute Gasteiger partial charge is 0.397 e. The number of Topliss-reactive ketones (excluding diaryl/α,β-unsaturated/α-hetero) is 1. The molecule has 1 saturated heterocycles. The van der Waals surface area contributed by atoms with Crippen LogP contribution in [0.1, 0.15) is 35.2 Å². The van der Waals surface area contributed by atoms with Gasteiger partial charge < -0.3 is 31.1 Å². The van der Waals surface area contributed by atoms with Gasteiger partial charge in [-0.2, -0.15) is 0 Å². The van der Waals surface area contributed by atoms with Crippen LogP contribution in [-0.2, 0) is 16.0 Å². The Labute approximate surface area is 289 Å². The Morgan fingerprint density at radius 3 is 2.37 bits per heavy atom. The summed E-state index contributed by atoms with van der Waals surface area (Å²) in [6, 6.07) is 16.8. The van der Waals surface area contributed by atoms with Crippen molar-refractivity contribution in [2.24, 2.45) is 0 Å². The van der Waals surface area contributed by atoms with Gasteiger partial charge in [-0.3, -0.25) is 14.4 Å². The van der Waals surface area contributed by atoms with Gasteiger partial charge in [0.15, 0.2) is 5.78 Å². The van der Waals surface area contributed by atoms with Gasteiger partial charge in [0.05, 0.1) is 12.2 Å². The van der Waals surface area contributed by atoms with Gasteiger partial charge in [-0.05, 0) is 99.2 Å². The first kappa shape index (κ1) is 33.7. The Bertz CT molecular complexity index is 1610. The number of piperidine rings is 1. The second kappa shape index (κ2) is 14.9. The summed E-state index contributed by atoms with van der Waals surface area (Å²) in [5, 5.41) is 6.43. The lowest BCUT2D eigenvalue weighted by Gasteiger charge is -2.39. The number of ketones is 1. The van der Waals surface area contributed by atoms with Crippen molar-refractivity contribution in [3.05, 3.63) is 85.8 Å². The quantitative estimate of drug-likeness (QED) is 0.189. The lowest BCUT2D eigenvalue weighted by molar-refractivity contribution is -0.137. The average molecular weight is 775 g/mol. The summed E-state index contributed by atoms with van der Waals surface area (Å²) in [5.41, 5.74) is 9.51. The van der Waals surface area contributed by atoms with Gasteiger partial charge in [-0.25, -0.2) is 4.79 Å². The van der Waals surface area contributed by atoms with E-state index >= 15 is 0 Å². The highest BCUT2D eigenvalue weighted by Crippen LogP contribution is 2.30. The van der Waals surface area contributed by atoms with E-state index < -0.39 is 11.9 Å². The maximum absolute atomic E-state index is 13.9. The van der Waals surface area contributed by atoms with Crippen molar-refractivity contribution in [3.8, 4) is 0 Å². The van der Waals surface area contributed by atoms with E-state index in [2.05, 4.69) is 42.5 Å². The number of amides is 4. The topological polar surface area (TPSA) is 128 Å². The number of nitrogen functional groups attached to an aromatic ring is 1. The first-order valence-electron chi connectivity index (χ1n) is 15.0. The van der Waals surface area contributed by atoms with Gasteiger partial charge in [0.25, 0.3) is 0 Å². The van der Waals surface area contributed by atoms with E-state index in [-0.39, 0.29) is 36.7 Å². The van der Waals surface area contributed by atoms with Gasteiger partial charge in [0, 0.05) is 70.1 Å². The summed E-state index contributed by atoms with van der Waals surface area (Å²) in [4.78, 5) is 59.0. The predicted octanol–water partition coefficient (Wildman–Crippen LogP) is 5.72. The third-order valence-electron chi connectivity index (χ3n) is 8.43. The van der Waals surface area contributed by atoms with Crippen LogP contribution in [-0.4, -0.2) is 78.7 Å². The molecule has 3 aromatic carbocycles. The van der Waals surface area contributed by atoms with Crippen LogP contribution in [0.15, 0.2) is 69.6 Å².